The Morgan fingerprint density at radius 2 is 2.04 bits per heavy atom. The maximum atomic E-state index is 12.5. The Kier molecular flexibility index (Phi) is 3.82. The van der Waals surface area contributed by atoms with E-state index in [2.05, 4.69) is 25.4 Å². The first-order valence-electron chi connectivity index (χ1n) is 8.07. The van der Waals surface area contributed by atoms with E-state index in [4.69, 9.17) is 0 Å². The number of nitrogens with one attached hydrogen (secondary N) is 2. The first kappa shape index (κ1) is 14.6. The Morgan fingerprint density at radius 3 is 2.83 bits per heavy atom. The summed E-state index contributed by atoms with van der Waals surface area (Å²) in [5, 5.41) is 14.0. The minimum Gasteiger partial charge on any atom is -0.337 e. The van der Waals surface area contributed by atoms with E-state index in [1.807, 2.05) is 35.2 Å². The SMILES string of the molecule is O=C(c1ccn[nH]1)N1CCCC(c2nc(-c3ccccc3)n[nH]2)C1. The molecule has 4 rings (SSSR count). The molecule has 2 N–H and O–H groups in total. The molecule has 1 aliphatic rings. The fourth-order valence-corrected chi connectivity index (χ4v) is 3.10. The number of carbonyl (C=O) groups is 1. The van der Waals surface area contributed by atoms with Crippen molar-refractivity contribution in [3.8, 4) is 11.4 Å². The second-order valence-corrected chi connectivity index (χ2v) is 5.97. The van der Waals surface area contributed by atoms with E-state index in [0.717, 1.165) is 30.8 Å². The maximum Gasteiger partial charge on any atom is 0.271 e. The van der Waals surface area contributed by atoms with Gasteiger partial charge in [0, 0.05) is 30.8 Å². The number of hydrogen-bond donors (Lipinski definition) is 2. The lowest BCUT2D eigenvalue weighted by atomic mass is 9.97. The van der Waals surface area contributed by atoms with E-state index < -0.39 is 0 Å². The molecule has 1 aromatic carbocycles. The number of nitrogens with zero attached hydrogens (tertiary/aromatic N) is 4. The molecule has 0 radical (unpaired) electrons. The minimum atomic E-state index is -0.0139. The van der Waals surface area contributed by atoms with Gasteiger partial charge in [-0.3, -0.25) is 15.0 Å². The van der Waals surface area contributed by atoms with Crippen molar-refractivity contribution in [1.29, 1.82) is 0 Å². The van der Waals surface area contributed by atoms with Crippen LogP contribution in [0, 0.1) is 0 Å². The molecule has 7 heteroatoms. The van der Waals surface area contributed by atoms with Crippen molar-refractivity contribution in [3.05, 3.63) is 54.1 Å². The van der Waals surface area contributed by atoms with Crippen LogP contribution in [0.2, 0.25) is 0 Å². The number of rotatable bonds is 3. The van der Waals surface area contributed by atoms with Gasteiger partial charge < -0.3 is 4.90 Å². The molecule has 122 valence electrons. The van der Waals surface area contributed by atoms with Gasteiger partial charge in [-0.1, -0.05) is 30.3 Å². The maximum absolute atomic E-state index is 12.5. The number of carbonyl (C=O) groups excluding carboxylic acids is 1. The summed E-state index contributed by atoms with van der Waals surface area (Å²) in [6.07, 6.45) is 3.54. The number of aromatic nitrogens is 5. The molecule has 1 fully saturated rings. The van der Waals surface area contributed by atoms with Crippen molar-refractivity contribution in [2.45, 2.75) is 18.8 Å². The summed E-state index contributed by atoms with van der Waals surface area (Å²) in [6.45, 7) is 1.40. The van der Waals surface area contributed by atoms with Gasteiger partial charge in [0.2, 0.25) is 0 Å². The van der Waals surface area contributed by atoms with E-state index in [1.165, 1.54) is 0 Å². The number of H-pyrrole nitrogens is 2. The monoisotopic (exact) mass is 322 g/mol. The van der Waals surface area contributed by atoms with Crippen molar-refractivity contribution >= 4 is 5.91 Å². The van der Waals surface area contributed by atoms with Crippen molar-refractivity contribution in [3.63, 3.8) is 0 Å². The largest absolute Gasteiger partial charge is 0.337 e. The molecule has 24 heavy (non-hydrogen) atoms. The van der Waals surface area contributed by atoms with Gasteiger partial charge in [-0.25, -0.2) is 4.98 Å². The van der Waals surface area contributed by atoms with E-state index in [-0.39, 0.29) is 11.8 Å². The number of amides is 1. The van der Waals surface area contributed by atoms with E-state index in [0.29, 0.717) is 18.1 Å². The summed E-state index contributed by atoms with van der Waals surface area (Å²) in [5.41, 5.74) is 1.51. The van der Waals surface area contributed by atoms with Gasteiger partial charge >= 0.3 is 0 Å². The highest BCUT2D eigenvalue weighted by molar-refractivity contribution is 5.92. The Balaban J connectivity index is 1.50. The van der Waals surface area contributed by atoms with Crippen molar-refractivity contribution < 1.29 is 4.79 Å². The summed E-state index contributed by atoms with van der Waals surface area (Å²) in [4.78, 5) is 19.0. The van der Waals surface area contributed by atoms with Gasteiger partial charge in [0.25, 0.3) is 5.91 Å². The van der Waals surface area contributed by atoms with Crippen LogP contribution in [0.5, 0.6) is 0 Å². The van der Waals surface area contributed by atoms with Crippen LogP contribution in [0.25, 0.3) is 11.4 Å². The molecule has 0 aliphatic carbocycles. The first-order chi connectivity index (χ1) is 11.8. The zero-order valence-electron chi connectivity index (χ0n) is 13.1. The van der Waals surface area contributed by atoms with Crippen LogP contribution < -0.4 is 0 Å². The van der Waals surface area contributed by atoms with Crippen LogP contribution in [0.1, 0.15) is 35.1 Å². The molecule has 1 saturated heterocycles. The lowest BCUT2D eigenvalue weighted by molar-refractivity contribution is 0.0698. The first-order valence-corrected chi connectivity index (χ1v) is 8.07. The van der Waals surface area contributed by atoms with Gasteiger partial charge in [-0.15, -0.1) is 0 Å². The molecule has 1 atom stereocenters. The van der Waals surface area contributed by atoms with E-state index in [1.54, 1.807) is 12.3 Å². The topological polar surface area (TPSA) is 90.6 Å². The summed E-state index contributed by atoms with van der Waals surface area (Å²) in [6, 6.07) is 11.6. The van der Waals surface area contributed by atoms with Gasteiger partial charge in [0.15, 0.2) is 5.82 Å². The highest BCUT2D eigenvalue weighted by Gasteiger charge is 2.28. The predicted molar refractivity (Wildman–Crippen MR) is 88.3 cm³/mol. The Bertz CT molecular complexity index is 811. The Morgan fingerprint density at radius 1 is 1.17 bits per heavy atom. The van der Waals surface area contributed by atoms with Crippen LogP contribution in [-0.4, -0.2) is 49.3 Å². The lowest BCUT2D eigenvalue weighted by Crippen LogP contribution is -2.39. The fourth-order valence-electron chi connectivity index (χ4n) is 3.10. The molecule has 3 heterocycles. The summed E-state index contributed by atoms with van der Waals surface area (Å²) in [7, 11) is 0. The number of likely N-dealkylation sites (tertiary alicyclic amines) is 1. The molecule has 0 saturated carbocycles. The minimum absolute atomic E-state index is 0.0139. The van der Waals surface area contributed by atoms with Gasteiger partial charge in [-0.2, -0.15) is 10.2 Å². The molecule has 1 aliphatic heterocycles. The zero-order chi connectivity index (χ0) is 16.4. The highest BCUT2D eigenvalue weighted by atomic mass is 16.2. The Labute approximate surface area is 139 Å². The van der Waals surface area contributed by atoms with E-state index >= 15 is 0 Å². The van der Waals surface area contributed by atoms with Crippen LogP contribution in [0.15, 0.2) is 42.6 Å². The van der Waals surface area contributed by atoms with Gasteiger partial charge in [-0.05, 0) is 18.9 Å². The van der Waals surface area contributed by atoms with Crippen LogP contribution in [0.3, 0.4) is 0 Å². The third-order valence-electron chi connectivity index (χ3n) is 4.36. The number of benzene rings is 1. The number of hydrogen-bond acceptors (Lipinski definition) is 4. The highest BCUT2D eigenvalue weighted by Crippen LogP contribution is 2.26. The molecule has 2 aromatic heterocycles. The smallest absolute Gasteiger partial charge is 0.271 e. The van der Waals surface area contributed by atoms with Crippen LogP contribution in [0.4, 0.5) is 0 Å². The van der Waals surface area contributed by atoms with Crippen LogP contribution >= 0.6 is 0 Å². The molecule has 1 unspecified atom stereocenters. The van der Waals surface area contributed by atoms with E-state index in [9.17, 15) is 4.79 Å². The summed E-state index contributed by atoms with van der Waals surface area (Å²) in [5.74, 6) is 1.70. The molecule has 0 bridgehead atoms. The average molecular weight is 322 g/mol. The zero-order valence-corrected chi connectivity index (χ0v) is 13.1. The second-order valence-electron chi connectivity index (χ2n) is 5.97. The van der Waals surface area contributed by atoms with Crippen LogP contribution in [-0.2, 0) is 0 Å². The number of aromatic amines is 2. The van der Waals surface area contributed by atoms with Crippen molar-refractivity contribution in [2.24, 2.45) is 0 Å². The lowest BCUT2D eigenvalue weighted by Gasteiger charge is -2.31. The van der Waals surface area contributed by atoms with Crippen molar-refractivity contribution in [2.75, 3.05) is 13.1 Å². The fraction of sp³-hybridized carbons (Fsp3) is 0.294. The third kappa shape index (κ3) is 2.80. The molecule has 0 spiro atoms. The van der Waals surface area contributed by atoms with Gasteiger partial charge in [0.1, 0.15) is 11.5 Å². The molecule has 3 aromatic rings. The average Bonchev–Trinajstić information content (AvgIpc) is 3.34. The molecular weight excluding hydrogens is 304 g/mol. The van der Waals surface area contributed by atoms with Gasteiger partial charge in [0.05, 0.1) is 0 Å². The second kappa shape index (κ2) is 6.27. The third-order valence-corrected chi connectivity index (χ3v) is 4.36. The quantitative estimate of drug-likeness (QED) is 0.773. The summed E-state index contributed by atoms with van der Waals surface area (Å²) < 4.78 is 0. The standard InChI is InChI=1S/C17H18N6O/c24-17(14-8-9-18-20-14)23-10-4-7-13(11-23)16-19-15(21-22-16)12-5-2-1-3-6-12/h1-3,5-6,8-9,13H,4,7,10-11H2,(H,18,20)(H,19,21,22). The molecule has 7 nitrogen and oxygen atoms in total. The summed E-state index contributed by atoms with van der Waals surface area (Å²) >= 11 is 0. The number of piperidine rings is 1. The normalized spacial score (nSPS) is 17.8. The van der Waals surface area contributed by atoms with Crippen molar-refractivity contribution in [1.82, 2.24) is 30.3 Å². The predicted octanol–water partition coefficient (Wildman–Crippen LogP) is 2.21. The molecular formula is C17H18N6O. The molecule has 1 amide bonds. The Hall–Kier alpha value is -2.96.